The van der Waals surface area contributed by atoms with E-state index in [1.54, 1.807) is 23.2 Å². The van der Waals surface area contributed by atoms with Crippen LogP contribution in [-0.4, -0.2) is 39.0 Å². The Morgan fingerprint density at radius 2 is 1.92 bits per heavy atom. The predicted octanol–water partition coefficient (Wildman–Crippen LogP) is 5.46. The van der Waals surface area contributed by atoms with E-state index in [0.717, 1.165) is 30.6 Å². The second-order valence-electron chi connectivity index (χ2n) is 10.9. The summed E-state index contributed by atoms with van der Waals surface area (Å²) in [5.74, 6) is -0.143. The van der Waals surface area contributed by atoms with Crippen molar-refractivity contribution in [3.05, 3.63) is 118 Å². The second-order valence-corrected chi connectivity index (χ2v) is 10.9. The van der Waals surface area contributed by atoms with Crippen molar-refractivity contribution in [2.45, 2.75) is 58.2 Å². The van der Waals surface area contributed by atoms with Gasteiger partial charge in [-0.15, -0.1) is 0 Å². The van der Waals surface area contributed by atoms with Gasteiger partial charge in [0.05, 0.1) is 18.3 Å². The number of benzene rings is 2. The number of fused-ring (bicyclic) bond motifs is 1. The highest BCUT2D eigenvalue weighted by atomic mass is 16.1. The fourth-order valence-electron chi connectivity index (χ4n) is 5.79. The van der Waals surface area contributed by atoms with E-state index in [1.807, 2.05) is 36.4 Å². The Morgan fingerprint density at radius 1 is 1.05 bits per heavy atom. The number of Topliss-reactive ketones (excluding diaryl/α,β-unsaturated/α-hetero) is 1. The highest BCUT2D eigenvalue weighted by molar-refractivity contribution is 6.04. The van der Waals surface area contributed by atoms with Crippen molar-refractivity contribution in [2.24, 2.45) is 0 Å². The maximum Gasteiger partial charge on any atom is 0.258 e. The maximum atomic E-state index is 13.0. The van der Waals surface area contributed by atoms with Crippen molar-refractivity contribution >= 4 is 17.8 Å². The van der Waals surface area contributed by atoms with Crippen LogP contribution in [0.2, 0.25) is 0 Å². The highest BCUT2D eigenvalue weighted by Crippen LogP contribution is 2.33. The minimum Gasteiger partial charge on any atom is -0.322 e. The largest absolute Gasteiger partial charge is 0.322 e. The number of piperidine rings is 1. The van der Waals surface area contributed by atoms with Crippen LogP contribution < -0.4 is 5.32 Å². The summed E-state index contributed by atoms with van der Waals surface area (Å²) < 4.78 is 1.76. The SMILES string of the molecule is C[C@H]1CCCCN1Cc1ccc2c(c1)C=C(C1=CC(NC(=O)c3cnn(Cc4ccccc4)c3)=CCC1=O)C2. The number of aromatic nitrogens is 2. The lowest BCUT2D eigenvalue weighted by molar-refractivity contribution is -0.114. The molecule has 2 heterocycles. The van der Waals surface area contributed by atoms with E-state index in [0.29, 0.717) is 29.4 Å². The molecule has 1 fully saturated rings. The van der Waals surface area contributed by atoms with Gasteiger partial charge in [0.25, 0.3) is 5.91 Å². The minimum absolute atomic E-state index is 0.0881. The van der Waals surface area contributed by atoms with Gasteiger partial charge in [0, 0.05) is 36.5 Å². The lowest BCUT2D eigenvalue weighted by atomic mass is 9.93. The van der Waals surface area contributed by atoms with Crippen LogP contribution in [0, 0.1) is 0 Å². The number of allylic oxidation sites excluding steroid dienone is 4. The first-order valence-electron chi connectivity index (χ1n) is 13.9. The molecule has 0 unspecified atom stereocenters. The molecular weight excluding hydrogens is 484 g/mol. The average molecular weight is 519 g/mol. The monoisotopic (exact) mass is 518 g/mol. The number of hydrogen-bond donors (Lipinski definition) is 1. The Bertz CT molecular complexity index is 1490. The molecule has 39 heavy (non-hydrogen) atoms. The third-order valence-electron chi connectivity index (χ3n) is 8.04. The van der Waals surface area contributed by atoms with Crippen LogP contribution in [0.3, 0.4) is 0 Å². The molecule has 1 aliphatic heterocycles. The number of likely N-dealkylation sites (tertiary alicyclic amines) is 1. The van der Waals surface area contributed by atoms with Gasteiger partial charge in [-0.05, 0) is 66.6 Å². The van der Waals surface area contributed by atoms with Crippen molar-refractivity contribution in [1.29, 1.82) is 0 Å². The van der Waals surface area contributed by atoms with Gasteiger partial charge in [0.1, 0.15) is 0 Å². The number of amides is 1. The summed E-state index contributed by atoms with van der Waals surface area (Å²) in [6, 6.07) is 17.4. The lowest BCUT2D eigenvalue weighted by Crippen LogP contribution is -2.36. The summed E-state index contributed by atoms with van der Waals surface area (Å²) in [6.45, 7) is 5.06. The number of nitrogens with zero attached hydrogens (tertiary/aromatic N) is 3. The molecule has 1 atom stereocenters. The third kappa shape index (κ3) is 5.71. The zero-order valence-electron chi connectivity index (χ0n) is 22.4. The van der Waals surface area contributed by atoms with Crippen molar-refractivity contribution < 1.29 is 9.59 Å². The molecule has 3 aliphatic rings. The minimum atomic E-state index is -0.231. The summed E-state index contributed by atoms with van der Waals surface area (Å²) >= 11 is 0. The van der Waals surface area contributed by atoms with Crippen molar-refractivity contribution in [2.75, 3.05) is 6.54 Å². The lowest BCUT2D eigenvalue weighted by Gasteiger charge is -2.33. The fourth-order valence-corrected chi connectivity index (χ4v) is 5.79. The number of rotatable bonds is 7. The molecule has 0 radical (unpaired) electrons. The van der Waals surface area contributed by atoms with Gasteiger partial charge >= 0.3 is 0 Å². The zero-order valence-corrected chi connectivity index (χ0v) is 22.4. The molecule has 1 aromatic heterocycles. The Kier molecular flexibility index (Phi) is 7.12. The van der Waals surface area contributed by atoms with Crippen LogP contribution in [0.15, 0.2) is 89.9 Å². The quantitative estimate of drug-likeness (QED) is 0.451. The maximum absolute atomic E-state index is 13.0. The Hall–Kier alpha value is -4.03. The van der Waals surface area contributed by atoms with E-state index in [9.17, 15) is 9.59 Å². The molecule has 6 nitrogen and oxygen atoms in total. The Balaban J connectivity index is 1.13. The van der Waals surface area contributed by atoms with Gasteiger partial charge < -0.3 is 5.32 Å². The van der Waals surface area contributed by atoms with Gasteiger partial charge in [-0.1, -0.05) is 67.1 Å². The van der Waals surface area contributed by atoms with Crippen LogP contribution in [0.1, 0.15) is 65.2 Å². The number of ketones is 1. The summed E-state index contributed by atoms with van der Waals surface area (Å²) in [7, 11) is 0. The van der Waals surface area contributed by atoms with Gasteiger partial charge in [-0.2, -0.15) is 5.10 Å². The fraction of sp³-hybridized carbons (Fsp3) is 0.303. The van der Waals surface area contributed by atoms with Crippen LogP contribution in [0.4, 0.5) is 0 Å². The molecule has 198 valence electrons. The van der Waals surface area contributed by atoms with E-state index in [2.05, 4.69) is 46.5 Å². The second kappa shape index (κ2) is 11.0. The Morgan fingerprint density at radius 3 is 2.77 bits per heavy atom. The first kappa shape index (κ1) is 25.3. The van der Waals surface area contributed by atoms with Gasteiger partial charge in [-0.25, -0.2) is 0 Å². The predicted molar refractivity (Wildman–Crippen MR) is 153 cm³/mol. The number of carbonyl (C=O) groups is 2. The smallest absolute Gasteiger partial charge is 0.258 e. The van der Waals surface area contributed by atoms with E-state index in [-0.39, 0.29) is 18.1 Å². The van der Waals surface area contributed by atoms with Crippen molar-refractivity contribution in [3.63, 3.8) is 0 Å². The van der Waals surface area contributed by atoms with E-state index in [1.165, 1.54) is 36.0 Å². The number of carbonyl (C=O) groups excluding carboxylic acids is 2. The molecule has 6 heteroatoms. The normalized spacial score (nSPS) is 19.3. The topological polar surface area (TPSA) is 67.2 Å². The molecule has 6 rings (SSSR count). The van der Waals surface area contributed by atoms with Crippen LogP contribution in [-0.2, 0) is 24.3 Å². The molecule has 0 spiro atoms. The summed E-state index contributed by atoms with van der Waals surface area (Å²) in [6.07, 6.45) is 14.0. The molecule has 3 aromatic rings. The first-order chi connectivity index (χ1) is 19.0. The van der Waals surface area contributed by atoms with E-state index < -0.39 is 0 Å². The first-order valence-corrected chi connectivity index (χ1v) is 13.9. The summed E-state index contributed by atoms with van der Waals surface area (Å²) in [4.78, 5) is 28.4. The number of hydrogen-bond acceptors (Lipinski definition) is 4. The molecule has 2 aromatic carbocycles. The summed E-state index contributed by atoms with van der Waals surface area (Å²) in [5.41, 5.74) is 7.75. The Labute approximate surface area is 229 Å². The van der Waals surface area contributed by atoms with Crippen LogP contribution in [0.5, 0.6) is 0 Å². The molecule has 0 bridgehead atoms. The van der Waals surface area contributed by atoms with Crippen LogP contribution >= 0.6 is 0 Å². The molecule has 0 saturated carbocycles. The highest BCUT2D eigenvalue weighted by Gasteiger charge is 2.24. The van der Waals surface area contributed by atoms with Gasteiger partial charge in [0.2, 0.25) is 0 Å². The summed E-state index contributed by atoms with van der Waals surface area (Å²) in [5, 5.41) is 7.31. The van der Waals surface area contributed by atoms with Crippen molar-refractivity contribution in [3.8, 4) is 0 Å². The zero-order chi connectivity index (χ0) is 26.8. The molecule has 1 N–H and O–H groups in total. The van der Waals surface area contributed by atoms with Crippen LogP contribution in [0.25, 0.3) is 6.08 Å². The van der Waals surface area contributed by atoms with E-state index >= 15 is 0 Å². The van der Waals surface area contributed by atoms with Gasteiger partial charge in [0.15, 0.2) is 5.78 Å². The average Bonchev–Trinajstić information content (AvgIpc) is 3.59. The van der Waals surface area contributed by atoms with Gasteiger partial charge in [-0.3, -0.25) is 19.2 Å². The third-order valence-corrected chi connectivity index (χ3v) is 8.04. The van der Waals surface area contributed by atoms with Crippen molar-refractivity contribution in [1.82, 2.24) is 20.0 Å². The molecule has 1 amide bonds. The number of nitrogens with one attached hydrogen (secondary N) is 1. The molecular formula is C33H34N4O2. The van der Waals surface area contributed by atoms with E-state index in [4.69, 9.17) is 0 Å². The standard InChI is InChI=1S/C33H34N4O2/c1-23-7-5-6-14-36(23)20-25-10-11-26-16-28(17-27(26)15-25)31-18-30(12-13-32(31)38)35-33(39)29-19-34-37(22-29)21-24-8-3-2-4-9-24/h2-4,8-12,15,17-19,22-23H,5-7,13-14,16,20-21H2,1H3,(H,35,39)/t23-/m0/s1. The molecule has 2 aliphatic carbocycles. The molecule has 1 saturated heterocycles.